The maximum Gasteiger partial charge on any atom is 0.136 e. The van der Waals surface area contributed by atoms with Crippen molar-refractivity contribution in [2.24, 2.45) is 0 Å². The highest BCUT2D eigenvalue weighted by Crippen LogP contribution is 2.45. The molecule has 0 saturated heterocycles. The molecule has 0 aliphatic heterocycles. The Morgan fingerprint density at radius 2 is 1.20 bits per heavy atom. The van der Waals surface area contributed by atoms with Crippen LogP contribution in [0.3, 0.4) is 0 Å². The van der Waals surface area contributed by atoms with Gasteiger partial charge in [-0.15, -0.1) is 0 Å². The fraction of sp³-hybridized carbons (Fsp3) is 0. The first-order valence-electron chi connectivity index (χ1n) is 23.6. The quantitative estimate of drug-likeness (QED) is 0.136. The van der Waals surface area contributed by atoms with E-state index in [1.165, 1.54) is 4.90 Å². The van der Waals surface area contributed by atoms with Gasteiger partial charge in [-0.25, -0.2) is 0 Å². The summed E-state index contributed by atoms with van der Waals surface area (Å²) in [6.45, 7) is 11.8. The molecule has 0 aliphatic carbocycles. The lowest BCUT2D eigenvalue weighted by atomic mass is 9.95. The molecular weight excluding hydrogens is 727 g/mol. The largest absolute Gasteiger partial charge is 0.456 e. The van der Waals surface area contributed by atoms with Gasteiger partial charge in [0.15, 0.2) is 0 Å². The molecule has 9 aromatic carbocycles. The molecular formula is C58H41NO. The molecule has 0 atom stereocenters. The van der Waals surface area contributed by atoms with Crippen molar-refractivity contribution in [1.29, 1.82) is 0 Å². The second-order valence-corrected chi connectivity index (χ2v) is 14.5. The second-order valence-electron chi connectivity index (χ2n) is 14.5. The normalized spacial score (nSPS) is 13.8. The predicted octanol–water partition coefficient (Wildman–Crippen LogP) is 14.9. The summed E-state index contributed by atoms with van der Waals surface area (Å²) in [6.07, 6.45) is 8.79. The van der Waals surface area contributed by atoms with Crippen LogP contribution in [0.15, 0.2) is 218 Å². The summed E-state index contributed by atoms with van der Waals surface area (Å²) in [6, 6.07) is 38.2. The fourth-order valence-electron chi connectivity index (χ4n) is 7.96. The van der Waals surface area contributed by atoms with E-state index in [1.54, 1.807) is 54.6 Å². The summed E-state index contributed by atoms with van der Waals surface area (Å²) in [7, 11) is 0. The third kappa shape index (κ3) is 6.61. The number of hydrogen-bond acceptors (Lipinski definition) is 2. The van der Waals surface area contributed by atoms with Gasteiger partial charge in [-0.1, -0.05) is 171 Å². The molecule has 1 heterocycles. The lowest BCUT2D eigenvalue weighted by Crippen LogP contribution is -2.23. The number of para-hydroxylation sites is 1. The van der Waals surface area contributed by atoms with Gasteiger partial charge < -0.3 is 9.32 Å². The number of rotatable bonds is 9. The van der Waals surface area contributed by atoms with Crippen molar-refractivity contribution >= 4 is 79.3 Å². The zero-order chi connectivity index (χ0) is 47.5. The van der Waals surface area contributed by atoms with Gasteiger partial charge in [0.05, 0.1) is 16.7 Å². The number of allylic oxidation sites excluding steroid dienone is 3. The van der Waals surface area contributed by atoms with E-state index in [4.69, 9.17) is 4.42 Å². The molecule has 10 aromatic rings. The Labute approximate surface area is 361 Å². The first-order chi connectivity index (χ1) is 32.9. The van der Waals surface area contributed by atoms with Crippen LogP contribution in [0.1, 0.15) is 16.5 Å². The summed E-state index contributed by atoms with van der Waals surface area (Å²) >= 11 is 0. The summed E-state index contributed by atoms with van der Waals surface area (Å²) in [4.78, 5) is 1.37. The van der Waals surface area contributed by atoms with E-state index >= 15 is 0 Å². The molecule has 0 bridgehead atoms. The minimum absolute atomic E-state index is 0.0639. The smallest absolute Gasteiger partial charge is 0.136 e. The molecule has 1 aromatic heterocycles. The Morgan fingerprint density at radius 1 is 0.517 bits per heavy atom. The van der Waals surface area contributed by atoms with Crippen LogP contribution in [0.2, 0.25) is 0 Å². The molecule has 0 radical (unpaired) electrons. The summed E-state index contributed by atoms with van der Waals surface area (Å²) < 4.78 is 83.8. The fourth-order valence-corrected chi connectivity index (χ4v) is 7.96. The molecule has 2 nitrogen and oxygen atoms in total. The molecule has 10 rings (SSSR count). The van der Waals surface area contributed by atoms with Gasteiger partial charge in [0, 0.05) is 27.7 Å². The molecule has 0 N–H and O–H groups in total. The Balaban J connectivity index is 1.26. The van der Waals surface area contributed by atoms with Crippen molar-refractivity contribution in [2.45, 2.75) is 0 Å². The van der Waals surface area contributed by atoms with E-state index in [0.717, 1.165) is 48.3 Å². The summed E-state index contributed by atoms with van der Waals surface area (Å²) in [5.41, 5.74) is 4.17. The number of benzene rings is 9. The number of fused-ring (bicyclic) bond motifs is 5. The first kappa shape index (κ1) is 28.5. The molecule has 60 heavy (non-hydrogen) atoms. The highest BCUT2D eigenvalue weighted by atomic mass is 16.3. The maximum absolute atomic E-state index is 9.80. The molecule has 0 aliphatic rings. The lowest BCUT2D eigenvalue weighted by Gasteiger charge is -2.28. The van der Waals surface area contributed by atoms with Crippen LogP contribution < -0.4 is 15.3 Å². The maximum atomic E-state index is 9.80. The Kier molecular flexibility index (Phi) is 7.32. The second kappa shape index (κ2) is 15.4. The average molecular weight is 776 g/mol. The van der Waals surface area contributed by atoms with Crippen molar-refractivity contribution in [3.8, 4) is 33.4 Å². The molecule has 0 saturated carbocycles. The Bertz CT molecular complexity index is 3870. The van der Waals surface area contributed by atoms with Crippen LogP contribution in [0, 0.1) is 0 Å². The molecule has 0 fully saturated rings. The monoisotopic (exact) mass is 775 g/mol. The van der Waals surface area contributed by atoms with E-state index in [2.05, 4.69) is 25.8 Å². The van der Waals surface area contributed by atoms with Crippen LogP contribution >= 0.6 is 0 Å². The third-order valence-electron chi connectivity index (χ3n) is 10.8. The first-order valence-corrected chi connectivity index (χ1v) is 19.6. The van der Waals surface area contributed by atoms with Crippen LogP contribution in [0.25, 0.3) is 95.6 Å². The van der Waals surface area contributed by atoms with E-state index < -0.39 is 24.2 Å². The number of hydrogen-bond donors (Lipinski definition) is 0. The standard InChI is InChI=1S/C58H41NO/c1-4-6-14-40-15-11-18-43(35-40)41-25-30-48(31-26-41)59(49-32-27-42(28-33-49)46-29-34-51-47(36-46)24-23-39(3)50(51)13-5-2)55-21-10-9-19-52(55)53-20-12-22-56-58(53)54-37-44-16-7-8-17-45(44)38-57(54)60-56/h4-38H,1-3H2/b14-6-,50-13+/i25D,26D,27D,28D,30D,31D,32D,33D. The SMILES string of the molecule is [2H]c1c([2H])c(N(c2ccccc2-c2cccc3oc4cc5ccccc5cc4c23)c2c([2H])c([2H])c(-c3ccc4/c(=C/C=C)c(=C)ccc4c3)c([2H])c2[2H])c([2H])c([2H])c1-c1cccc(/C=C\C=C)c1. The zero-order valence-electron chi connectivity index (χ0n) is 40.6. The Morgan fingerprint density at radius 3 is 1.95 bits per heavy atom. The molecule has 0 spiro atoms. The van der Waals surface area contributed by atoms with Crippen LogP contribution in [0.5, 0.6) is 0 Å². The van der Waals surface area contributed by atoms with Crippen molar-refractivity contribution in [2.75, 3.05) is 4.90 Å². The zero-order valence-corrected chi connectivity index (χ0v) is 32.6. The summed E-state index contributed by atoms with van der Waals surface area (Å²) in [5.74, 6) is 0. The van der Waals surface area contributed by atoms with E-state index in [1.807, 2.05) is 103 Å². The third-order valence-corrected chi connectivity index (χ3v) is 10.8. The van der Waals surface area contributed by atoms with E-state index in [9.17, 15) is 11.0 Å². The van der Waals surface area contributed by atoms with Gasteiger partial charge in [0.2, 0.25) is 0 Å². The van der Waals surface area contributed by atoms with Gasteiger partial charge in [-0.2, -0.15) is 0 Å². The van der Waals surface area contributed by atoms with Crippen molar-refractivity contribution in [1.82, 2.24) is 0 Å². The van der Waals surface area contributed by atoms with Crippen LogP contribution in [0.4, 0.5) is 17.1 Å². The van der Waals surface area contributed by atoms with Crippen LogP contribution in [-0.2, 0) is 0 Å². The van der Waals surface area contributed by atoms with Gasteiger partial charge in [0.25, 0.3) is 0 Å². The lowest BCUT2D eigenvalue weighted by molar-refractivity contribution is 0.669. The topological polar surface area (TPSA) is 16.4 Å². The van der Waals surface area contributed by atoms with E-state index in [-0.39, 0.29) is 46.7 Å². The van der Waals surface area contributed by atoms with Crippen molar-refractivity contribution < 1.29 is 15.4 Å². The van der Waals surface area contributed by atoms with Crippen molar-refractivity contribution in [3.63, 3.8) is 0 Å². The van der Waals surface area contributed by atoms with Crippen molar-refractivity contribution in [3.05, 3.63) is 229 Å². The van der Waals surface area contributed by atoms with Gasteiger partial charge in [-0.05, 0) is 126 Å². The Hall–Kier alpha value is -7.94. The number of furan rings is 1. The highest BCUT2D eigenvalue weighted by molar-refractivity contribution is 6.16. The van der Waals surface area contributed by atoms with Gasteiger partial charge in [-0.3, -0.25) is 0 Å². The molecule has 284 valence electrons. The molecule has 2 heteroatoms. The minimum Gasteiger partial charge on any atom is -0.456 e. The van der Waals surface area contributed by atoms with Gasteiger partial charge in [0.1, 0.15) is 11.2 Å². The molecule has 0 amide bonds. The minimum atomic E-state index is -0.439. The van der Waals surface area contributed by atoms with E-state index in [0.29, 0.717) is 39.1 Å². The number of anilines is 3. The molecule has 0 unspecified atom stereocenters. The summed E-state index contributed by atoms with van der Waals surface area (Å²) in [5, 5.41) is 7.03. The number of nitrogens with zero attached hydrogens (tertiary/aromatic N) is 1. The predicted molar refractivity (Wildman–Crippen MR) is 258 cm³/mol. The van der Waals surface area contributed by atoms with Gasteiger partial charge >= 0.3 is 0 Å². The average Bonchev–Trinajstić information content (AvgIpc) is 3.72. The highest BCUT2D eigenvalue weighted by Gasteiger charge is 2.21. The van der Waals surface area contributed by atoms with Crippen LogP contribution in [-0.4, -0.2) is 0 Å².